The number of hydrogen-bond donors (Lipinski definition) is 0. The number of allylic oxidation sites excluding steroid dienone is 1. The van der Waals surface area contributed by atoms with E-state index in [-0.39, 0.29) is 0 Å². The van der Waals surface area contributed by atoms with Crippen molar-refractivity contribution in [1.82, 2.24) is 0 Å². The first-order valence-corrected chi connectivity index (χ1v) is 31.8. The minimum atomic E-state index is -0.741. The molecular weight excluding hydrogens is 1120 g/mol. The van der Waals surface area contributed by atoms with Gasteiger partial charge in [0.15, 0.2) is 11.3 Å². The zero-order valence-corrected chi connectivity index (χ0v) is 51.2. The Labute approximate surface area is 534 Å². The Morgan fingerprint density at radius 1 is 0.359 bits per heavy atom. The lowest BCUT2D eigenvalue weighted by molar-refractivity contribution is 0.598. The second kappa shape index (κ2) is 20.7. The Kier molecular flexibility index (Phi) is 12.0. The van der Waals surface area contributed by atoms with E-state index in [9.17, 15) is 0 Å². The number of rotatable bonds is 10. The molecule has 0 bridgehead atoms. The molecule has 2 aromatic heterocycles. The minimum absolute atomic E-state index is 0.741. The molecule has 4 nitrogen and oxygen atoms in total. The lowest BCUT2D eigenvalue weighted by Gasteiger charge is -2.34. The minimum Gasteiger partial charge on any atom is -0.453 e. The van der Waals surface area contributed by atoms with Crippen LogP contribution in [0, 0.1) is 13.8 Å². The average Bonchev–Trinajstić information content (AvgIpc) is 1.48. The molecule has 2 aliphatic rings. The summed E-state index contributed by atoms with van der Waals surface area (Å²) in [5, 5.41) is 10.2. The van der Waals surface area contributed by atoms with Crippen molar-refractivity contribution in [3.8, 4) is 44.5 Å². The van der Waals surface area contributed by atoms with Gasteiger partial charge in [-0.2, -0.15) is 0 Å². The van der Waals surface area contributed by atoms with Gasteiger partial charge >= 0.3 is 0 Å². The quantitative estimate of drug-likeness (QED) is 0.128. The fourth-order valence-corrected chi connectivity index (χ4v) is 16.1. The third-order valence-corrected chi connectivity index (χ3v) is 19.9. The molecule has 0 saturated heterocycles. The fourth-order valence-electron chi connectivity index (χ4n) is 16.1. The van der Waals surface area contributed by atoms with Crippen molar-refractivity contribution >= 4 is 105 Å². The summed E-state index contributed by atoms with van der Waals surface area (Å²) in [6.45, 7) is 10.9. The summed E-state index contributed by atoms with van der Waals surface area (Å²) in [6, 6.07) is 105. The van der Waals surface area contributed by atoms with E-state index in [0.29, 0.717) is 0 Å². The van der Waals surface area contributed by atoms with Crippen molar-refractivity contribution in [3.63, 3.8) is 0 Å². The maximum absolute atomic E-state index is 7.38. The molecule has 0 N–H and O–H groups in total. The first kappa shape index (κ1) is 53.3. The van der Waals surface area contributed by atoms with Gasteiger partial charge in [-0.15, -0.1) is 0 Å². The molecule has 0 aliphatic heterocycles. The predicted octanol–water partition coefficient (Wildman–Crippen LogP) is 24.4. The highest BCUT2D eigenvalue weighted by Crippen LogP contribution is 2.68. The molecule has 434 valence electrons. The van der Waals surface area contributed by atoms with Gasteiger partial charge < -0.3 is 18.6 Å². The molecule has 14 aromatic carbocycles. The smallest absolute Gasteiger partial charge is 0.159 e. The molecule has 0 fully saturated rings. The summed E-state index contributed by atoms with van der Waals surface area (Å²) < 4.78 is 14.6. The highest BCUT2D eigenvalue weighted by molar-refractivity contribution is 6.24. The summed E-state index contributed by atoms with van der Waals surface area (Å²) in [6.07, 6.45) is 4.18. The van der Waals surface area contributed by atoms with Crippen molar-refractivity contribution in [1.29, 1.82) is 0 Å². The van der Waals surface area contributed by atoms with E-state index >= 15 is 0 Å². The molecule has 92 heavy (non-hydrogen) atoms. The summed E-state index contributed by atoms with van der Waals surface area (Å²) in [5.74, 6) is 0.753. The van der Waals surface area contributed by atoms with Gasteiger partial charge in [-0.3, -0.25) is 0 Å². The van der Waals surface area contributed by atoms with E-state index in [0.717, 1.165) is 106 Å². The van der Waals surface area contributed by atoms with Crippen LogP contribution in [0.5, 0.6) is 0 Å². The molecule has 4 heteroatoms. The number of hydrogen-bond acceptors (Lipinski definition) is 4. The lowest BCUT2D eigenvalue weighted by Crippen LogP contribution is -2.27. The van der Waals surface area contributed by atoms with Crippen LogP contribution in [0.25, 0.3) is 122 Å². The van der Waals surface area contributed by atoms with Crippen LogP contribution in [-0.2, 0) is 5.41 Å². The fraction of sp³-hybridized carbons (Fsp3) is 0.0455. The van der Waals surface area contributed by atoms with Gasteiger partial charge in [-0.05, 0) is 163 Å². The Morgan fingerprint density at radius 3 is 1.50 bits per heavy atom. The van der Waals surface area contributed by atoms with E-state index in [1.807, 2.05) is 6.08 Å². The van der Waals surface area contributed by atoms with E-state index in [4.69, 9.17) is 8.83 Å². The molecule has 1 spiro atoms. The summed E-state index contributed by atoms with van der Waals surface area (Å²) >= 11 is 0. The summed E-state index contributed by atoms with van der Waals surface area (Å²) in [4.78, 5) is 4.83. The standard InChI is InChI=1S/C88H60N2O2/c1-5-59-69-42-25-43-70(60-34-15-13-28-54(60)3)84(69)91-86(59)78(6-2)90(57-32-11-8-12-33-57)80-53-75-81-66-40-19-17-36-62(66)74-52-58(50-51-68(74)83(81)88(82(75)67-41-20-18-39-65(67)80)76-47-23-21-37-63(76)64-38-22-24-48-77(64)88)89(56-30-9-7-10-31-56)79-49-27-46-73-72-45-26-44-71(85(72)92-87(73)79)61-35-16-14-29-55(61)4/h5-53H,1H2,2-4H3/b78-6+. The van der Waals surface area contributed by atoms with Gasteiger partial charge in [-0.1, -0.05) is 255 Å². The molecule has 0 radical (unpaired) electrons. The van der Waals surface area contributed by atoms with Crippen LogP contribution in [0.15, 0.2) is 307 Å². The Bertz CT molecular complexity index is 5740. The maximum Gasteiger partial charge on any atom is 0.159 e. The van der Waals surface area contributed by atoms with Crippen molar-refractivity contribution in [2.45, 2.75) is 26.2 Å². The van der Waals surface area contributed by atoms with Gasteiger partial charge in [0.1, 0.15) is 11.2 Å². The predicted molar refractivity (Wildman–Crippen MR) is 386 cm³/mol. The van der Waals surface area contributed by atoms with Gasteiger partial charge in [0.05, 0.1) is 22.5 Å². The van der Waals surface area contributed by atoms with Gasteiger partial charge in [0.25, 0.3) is 0 Å². The van der Waals surface area contributed by atoms with Crippen molar-refractivity contribution < 1.29 is 8.83 Å². The van der Waals surface area contributed by atoms with Crippen LogP contribution >= 0.6 is 0 Å². The number of benzene rings is 14. The molecule has 0 saturated carbocycles. The number of furan rings is 2. The van der Waals surface area contributed by atoms with Crippen LogP contribution in [0.3, 0.4) is 0 Å². The number of aryl methyl sites for hydroxylation is 2. The maximum atomic E-state index is 7.38. The van der Waals surface area contributed by atoms with Crippen LogP contribution < -0.4 is 9.80 Å². The second-order valence-corrected chi connectivity index (χ2v) is 24.5. The number of fused-ring (bicyclic) bond motifs is 21. The largest absolute Gasteiger partial charge is 0.453 e. The molecule has 2 heterocycles. The molecule has 0 atom stereocenters. The zero-order chi connectivity index (χ0) is 61.3. The molecule has 0 amide bonds. The number of para-hydroxylation sites is 5. The summed E-state index contributed by atoms with van der Waals surface area (Å²) in [5.41, 5.74) is 25.6. The first-order valence-electron chi connectivity index (χ1n) is 31.8. The molecule has 16 aromatic rings. The van der Waals surface area contributed by atoms with E-state index in [1.165, 1.54) is 82.6 Å². The van der Waals surface area contributed by atoms with Gasteiger partial charge in [0.2, 0.25) is 0 Å². The van der Waals surface area contributed by atoms with Crippen molar-refractivity contribution in [2.24, 2.45) is 0 Å². The number of anilines is 5. The highest BCUT2D eigenvalue weighted by atomic mass is 16.3. The van der Waals surface area contributed by atoms with Crippen molar-refractivity contribution in [2.75, 3.05) is 9.80 Å². The Balaban J connectivity index is 0.924. The zero-order valence-electron chi connectivity index (χ0n) is 51.2. The monoisotopic (exact) mass is 1180 g/mol. The first-order chi connectivity index (χ1) is 45.4. The average molecular weight is 1180 g/mol. The summed E-state index contributed by atoms with van der Waals surface area (Å²) in [7, 11) is 0. The second-order valence-electron chi connectivity index (χ2n) is 24.5. The Hall–Kier alpha value is -11.7. The van der Waals surface area contributed by atoms with Crippen LogP contribution in [0.4, 0.5) is 28.4 Å². The molecule has 0 unspecified atom stereocenters. The number of nitrogens with zero attached hydrogens (tertiary/aromatic N) is 2. The van der Waals surface area contributed by atoms with Crippen LogP contribution in [-0.4, -0.2) is 0 Å². The van der Waals surface area contributed by atoms with Crippen molar-refractivity contribution in [3.05, 3.63) is 342 Å². The Morgan fingerprint density at radius 2 is 0.859 bits per heavy atom. The van der Waals surface area contributed by atoms with E-state index in [2.05, 4.69) is 328 Å². The third-order valence-electron chi connectivity index (χ3n) is 19.9. The third kappa shape index (κ3) is 7.52. The van der Waals surface area contributed by atoms with Crippen LogP contribution in [0.2, 0.25) is 0 Å². The van der Waals surface area contributed by atoms with Crippen LogP contribution in [0.1, 0.15) is 51.6 Å². The van der Waals surface area contributed by atoms with E-state index < -0.39 is 5.41 Å². The SMILES string of the molecule is C=Cc1c(/C(=C\C)N(c2ccccc2)c2cc3c(c4ccccc24)C2(c4ccccc4-c4ccccc42)c2c-3c3ccccc3c3cc(N(c4ccccc4)c4cccc5c4oc4c(-c6ccccc6C)cccc45)ccc23)oc2c(-c3ccccc3C)cccc12. The van der Waals surface area contributed by atoms with Gasteiger partial charge in [-0.25, -0.2) is 0 Å². The highest BCUT2D eigenvalue weighted by Gasteiger charge is 2.54. The molecule has 2 aliphatic carbocycles. The topological polar surface area (TPSA) is 32.8 Å². The van der Waals surface area contributed by atoms with E-state index in [1.54, 1.807) is 0 Å². The lowest BCUT2D eigenvalue weighted by atomic mass is 9.68. The van der Waals surface area contributed by atoms with Gasteiger partial charge in [0, 0.05) is 55.3 Å². The molecule has 18 rings (SSSR count). The normalized spacial score (nSPS) is 12.9. The molecular formula is C88H60N2O2.